The fraction of sp³-hybridized carbons (Fsp3) is 0.364. The Balaban J connectivity index is 3.08. The van der Waals surface area contributed by atoms with Crippen molar-refractivity contribution in [2.45, 2.75) is 6.92 Å². The number of hydrogen-bond acceptors (Lipinski definition) is 3. The first-order valence-electron chi connectivity index (χ1n) is 4.57. The maximum Gasteiger partial charge on any atom is 0.280 e. The largest absolute Gasteiger partial charge is 0.496 e. The molecular formula is C11H15NO3. The molecule has 82 valence electrons. The second-order valence-electron chi connectivity index (χ2n) is 3.19. The average molecular weight is 209 g/mol. The van der Waals surface area contributed by atoms with Crippen molar-refractivity contribution >= 4 is 5.91 Å². The lowest BCUT2D eigenvalue weighted by atomic mass is 10.1. The van der Waals surface area contributed by atoms with Crippen molar-refractivity contribution in [2.24, 2.45) is 0 Å². The summed E-state index contributed by atoms with van der Waals surface area (Å²) >= 11 is 0. The number of carbonyl (C=O) groups is 1. The molecule has 1 rings (SSSR count). The van der Waals surface area contributed by atoms with Crippen LogP contribution in [0, 0.1) is 6.92 Å². The van der Waals surface area contributed by atoms with Gasteiger partial charge in [-0.05, 0) is 24.6 Å². The highest BCUT2D eigenvalue weighted by molar-refractivity contribution is 5.96. The van der Waals surface area contributed by atoms with E-state index in [2.05, 4.69) is 0 Å². The van der Waals surface area contributed by atoms with Gasteiger partial charge in [-0.25, -0.2) is 5.06 Å². The van der Waals surface area contributed by atoms with E-state index < -0.39 is 0 Å². The third-order valence-electron chi connectivity index (χ3n) is 2.15. The van der Waals surface area contributed by atoms with Gasteiger partial charge in [0, 0.05) is 7.05 Å². The van der Waals surface area contributed by atoms with Crippen LogP contribution in [0.1, 0.15) is 15.9 Å². The van der Waals surface area contributed by atoms with Gasteiger partial charge >= 0.3 is 0 Å². The van der Waals surface area contributed by atoms with Gasteiger partial charge < -0.3 is 4.74 Å². The van der Waals surface area contributed by atoms with Gasteiger partial charge in [0.25, 0.3) is 5.91 Å². The summed E-state index contributed by atoms with van der Waals surface area (Å²) < 4.78 is 5.14. The molecule has 1 aromatic rings. The maximum atomic E-state index is 11.8. The number of methoxy groups -OCH3 is 1. The number of carbonyl (C=O) groups excluding carboxylic acids is 1. The number of ether oxygens (including phenoxy) is 1. The van der Waals surface area contributed by atoms with Crippen LogP contribution < -0.4 is 4.74 Å². The number of hydrogen-bond donors (Lipinski definition) is 0. The highest BCUT2D eigenvalue weighted by Crippen LogP contribution is 2.21. The van der Waals surface area contributed by atoms with Gasteiger partial charge in [-0.1, -0.05) is 6.07 Å². The van der Waals surface area contributed by atoms with E-state index in [0.717, 1.165) is 10.6 Å². The number of benzene rings is 1. The molecule has 0 spiro atoms. The zero-order valence-corrected chi connectivity index (χ0v) is 9.40. The minimum absolute atomic E-state index is 0.227. The molecule has 1 aromatic carbocycles. The summed E-state index contributed by atoms with van der Waals surface area (Å²) in [5, 5.41) is 1.16. The lowest BCUT2D eigenvalue weighted by molar-refractivity contribution is -0.0758. The van der Waals surface area contributed by atoms with Crippen molar-refractivity contribution in [2.75, 3.05) is 21.3 Å². The Hall–Kier alpha value is -1.55. The molecule has 0 radical (unpaired) electrons. The molecule has 0 heterocycles. The Morgan fingerprint density at radius 2 is 2.00 bits per heavy atom. The Labute approximate surface area is 89.4 Å². The summed E-state index contributed by atoms with van der Waals surface area (Å²) in [6.45, 7) is 1.94. The van der Waals surface area contributed by atoms with Crippen molar-refractivity contribution < 1.29 is 14.4 Å². The third-order valence-corrected chi connectivity index (χ3v) is 2.15. The van der Waals surface area contributed by atoms with E-state index in [0.29, 0.717) is 11.3 Å². The summed E-state index contributed by atoms with van der Waals surface area (Å²) in [5.74, 6) is 0.332. The molecule has 0 saturated carbocycles. The second kappa shape index (κ2) is 4.79. The van der Waals surface area contributed by atoms with Crippen LogP contribution in [0.2, 0.25) is 0 Å². The molecule has 0 aliphatic heterocycles. The summed E-state index contributed by atoms with van der Waals surface area (Å²) in [4.78, 5) is 16.6. The van der Waals surface area contributed by atoms with Gasteiger partial charge in [-0.2, -0.15) is 0 Å². The number of nitrogens with zero attached hydrogens (tertiary/aromatic N) is 1. The van der Waals surface area contributed by atoms with Gasteiger partial charge in [-0.15, -0.1) is 0 Å². The standard InChI is InChI=1S/C11H15NO3/c1-8-5-6-9(10(7-8)14-3)11(13)12(2)15-4/h5-7H,1-4H3. The molecule has 0 aliphatic rings. The molecule has 0 aromatic heterocycles. The Kier molecular flexibility index (Phi) is 3.68. The second-order valence-corrected chi connectivity index (χ2v) is 3.19. The molecule has 4 nitrogen and oxygen atoms in total. The smallest absolute Gasteiger partial charge is 0.280 e. The van der Waals surface area contributed by atoms with Crippen LogP contribution in [0.3, 0.4) is 0 Å². The molecular weight excluding hydrogens is 194 g/mol. The zero-order valence-electron chi connectivity index (χ0n) is 9.40. The van der Waals surface area contributed by atoms with Crippen molar-refractivity contribution in [3.63, 3.8) is 0 Å². The van der Waals surface area contributed by atoms with Crippen LogP contribution in [-0.4, -0.2) is 32.2 Å². The van der Waals surface area contributed by atoms with Gasteiger partial charge in [0.2, 0.25) is 0 Å². The lowest BCUT2D eigenvalue weighted by Gasteiger charge is -2.15. The van der Waals surface area contributed by atoms with Crippen molar-refractivity contribution in [1.29, 1.82) is 0 Å². The normalized spacial score (nSPS) is 9.87. The molecule has 1 amide bonds. The molecule has 0 saturated heterocycles. The van der Waals surface area contributed by atoms with E-state index in [-0.39, 0.29) is 5.91 Å². The van der Waals surface area contributed by atoms with Crippen LogP contribution in [0.15, 0.2) is 18.2 Å². The molecule has 0 N–H and O–H groups in total. The monoisotopic (exact) mass is 209 g/mol. The Morgan fingerprint density at radius 1 is 1.33 bits per heavy atom. The van der Waals surface area contributed by atoms with E-state index in [4.69, 9.17) is 9.57 Å². The minimum atomic E-state index is -0.227. The van der Waals surface area contributed by atoms with Crippen molar-refractivity contribution in [1.82, 2.24) is 5.06 Å². The first-order chi connectivity index (χ1) is 7.10. The van der Waals surface area contributed by atoms with Gasteiger partial charge in [0.1, 0.15) is 5.75 Å². The van der Waals surface area contributed by atoms with Crippen LogP contribution in [0.25, 0.3) is 0 Å². The molecule has 4 heteroatoms. The summed E-state index contributed by atoms with van der Waals surface area (Å²) in [7, 11) is 4.54. The van der Waals surface area contributed by atoms with E-state index in [1.54, 1.807) is 20.2 Å². The summed E-state index contributed by atoms with van der Waals surface area (Å²) in [5.41, 5.74) is 1.54. The quantitative estimate of drug-likeness (QED) is 0.710. The molecule has 0 bridgehead atoms. The van der Waals surface area contributed by atoms with E-state index in [9.17, 15) is 4.79 Å². The highest BCUT2D eigenvalue weighted by Gasteiger charge is 2.16. The maximum absolute atomic E-state index is 11.8. The predicted octanol–water partition coefficient (Wildman–Crippen LogP) is 1.64. The van der Waals surface area contributed by atoms with E-state index in [1.165, 1.54) is 7.11 Å². The number of amides is 1. The number of aryl methyl sites for hydroxylation is 1. The average Bonchev–Trinajstić information content (AvgIpc) is 2.26. The molecule has 0 fully saturated rings. The van der Waals surface area contributed by atoms with Crippen LogP contribution in [0.4, 0.5) is 0 Å². The molecule has 0 unspecified atom stereocenters. The van der Waals surface area contributed by atoms with Gasteiger partial charge in [0.15, 0.2) is 0 Å². The van der Waals surface area contributed by atoms with E-state index in [1.807, 2.05) is 19.1 Å². The van der Waals surface area contributed by atoms with Gasteiger partial charge in [-0.3, -0.25) is 9.63 Å². The van der Waals surface area contributed by atoms with Gasteiger partial charge in [0.05, 0.1) is 19.8 Å². The lowest BCUT2D eigenvalue weighted by Crippen LogP contribution is -2.25. The molecule has 0 aliphatic carbocycles. The fourth-order valence-electron chi connectivity index (χ4n) is 1.23. The van der Waals surface area contributed by atoms with Crippen molar-refractivity contribution in [3.05, 3.63) is 29.3 Å². The first-order valence-corrected chi connectivity index (χ1v) is 4.57. The van der Waals surface area contributed by atoms with Crippen molar-refractivity contribution in [3.8, 4) is 5.75 Å². The number of hydroxylamine groups is 2. The fourth-order valence-corrected chi connectivity index (χ4v) is 1.23. The Bertz CT molecular complexity index is 363. The minimum Gasteiger partial charge on any atom is -0.496 e. The third kappa shape index (κ3) is 2.47. The summed E-state index contributed by atoms with van der Waals surface area (Å²) in [6.07, 6.45) is 0. The predicted molar refractivity (Wildman–Crippen MR) is 56.8 cm³/mol. The van der Waals surface area contributed by atoms with E-state index >= 15 is 0 Å². The molecule has 15 heavy (non-hydrogen) atoms. The molecule has 0 atom stereocenters. The SMILES string of the molecule is COc1cc(C)ccc1C(=O)N(C)OC. The number of rotatable bonds is 3. The Morgan fingerprint density at radius 3 is 2.53 bits per heavy atom. The first kappa shape index (κ1) is 11.5. The van der Waals surface area contributed by atoms with Crippen LogP contribution >= 0.6 is 0 Å². The summed E-state index contributed by atoms with van der Waals surface area (Å²) in [6, 6.07) is 5.40. The van der Waals surface area contributed by atoms with Crippen LogP contribution in [0.5, 0.6) is 5.75 Å². The topological polar surface area (TPSA) is 38.8 Å². The zero-order chi connectivity index (χ0) is 11.4. The highest BCUT2D eigenvalue weighted by atomic mass is 16.7. The van der Waals surface area contributed by atoms with Crippen LogP contribution in [-0.2, 0) is 4.84 Å².